The number of anilines is 2. The highest BCUT2D eigenvalue weighted by Crippen LogP contribution is 2.44. The summed E-state index contributed by atoms with van der Waals surface area (Å²) in [4.78, 5) is -0.660. The van der Waals surface area contributed by atoms with Crippen LogP contribution < -0.4 is 14.8 Å². The van der Waals surface area contributed by atoms with Crippen molar-refractivity contribution in [3.63, 3.8) is 0 Å². The van der Waals surface area contributed by atoms with Gasteiger partial charge in [0, 0.05) is 34.5 Å². The maximum Gasteiger partial charge on any atom is 0.296 e. The van der Waals surface area contributed by atoms with Gasteiger partial charge in [-0.15, -0.1) is 20.5 Å². The molecule has 6 aromatic carbocycles. The quantitative estimate of drug-likeness (QED) is 0.0703. The zero-order chi connectivity index (χ0) is 37.5. The number of benzene rings is 6. The highest BCUT2D eigenvalue weighted by Gasteiger charge is 2.23. The molecule has 0 unspecified atom stereocenters. The Balaban J connectivity index is 1.32. The molecule has 53 heavy (non-hydrogen) atoms. The van der Waals surface area contributed by atoms with Gasteiger partial charge in [-0.1, -0.05) is 36.4 Å². The van der Waals surface area contributed by atoms with E-state index < -0.39 is 33.1 Å². The molecule has 0 aliphatic rings. The SMILES string of the molecule is COc1cc(N=Nc2ccccc2)c(C)cc1N=Nc1cc(OC)c(N=Nc2c(S(=O)(=O)O)cc3cc(Nc4ccccc4)ccc3c2O)cc1CO. The van der Waals surface area contributed by atoms with E-state index >= 15 is 0 Å². The molecule has 0 radical (unpaired) electrons. The summed E-state index contributed by atoms with van der Waals surface area (Å²) in [6, 6.07) is 31.1. The molecule has 0 saturated heterocycles. The van der Waals surface area contributed by atoms with Gasteiger partial charge in [-0.05, 0) is 78.5 Å². The number of azo groups is 3. The summed E-state index contributed by atoms with van der Waals surface area (Å²) >= 11 is 0. The van der Waals surface area contributed by atoms with Gasteiger partial charge in [0.05, 0.1) is 37.9 Å². The fourth-order valence-electron chi connectivity index (χ4n) is 5.30. The molecule has 268 valence electrons. The van der Waals surface area contributed by atoms with Crippen LogP contribution in [0.5, 0.6) is 17.2 Å². The number of nitrogens with one attached hydrogen (secondary N) is 1. The number of para-hydroxylation sites is 1. The number of aliphatic hydroxyl groups excluding tert-OH is 1. The molecule has 0 aliphatic carbocycles. The summed E-state index contributed by atoms with van der Waals surface area (Å²) in [7, 11) is -2.01. The number of phenols is 1. The van der Waals surface area contributed by atoms with Crippen LogP contribution in [0.2, 0.25) is 0 Å². The number of phenolic OH excluding ortho intramolecular Hbond substituents is 1. The molecule has 0 spiro atoms. The van der Waals surface area contributed by atoms with Crippen LogP contribution in [0.15, 0.2) is 145 Å². The minimum atomic E-state index is -4.87. The summed E-state index contributed by atoms with van der Waals surface area (Å²) in [6.07, 6.45) is 0. The van der Waals surface area contributed by atoms with Crippen LogP contribution in [0, 0.1) is 6.92 Å². The van der Waals surface area contributed by atoms with E-state index in [1.165, 1.54) is 32.4 Å². The second-order valence-electron chi connectivity index (χ2n) is 11.5. The lowest BCUT2D eigenvalue weighted by Crippen LogP contribution is -1.99. The first-order valence-electron chi connectivity index (χ1n) is 16.0. The smallest absolute Gasteiger partial charge is 0.296 e. The van der Waals surface area contributed by atoms with Crippen LogP contribution in [0.3, 0.4) is 0 Å². The molecule has 0 aromatic heterocycles. The van der Waals surface area contributed by atoms with Gasteiger partial charge >= 0.3 is 0 Å². The van der Waals surface area contributed by atoms with Crippen molar-refractivity contribution in [3.8, 4) is 17.2 Å². The number of aryl methyl sites for hydroxylation is 1. The zero-order valence-electron chi connectivity index (χ0n) is 28.7. The molecule has 0 saturated carbocycles. The average Bonchev–Trinajstić information content (AvgIpc) is 3.16. The molecule has 6 rings (SSSR count). The Kier molecular flexibility index (Phi) is 10.8. The van der Waals surface area contributed by atoms with Crippen molar-refractivity contribution in [2.45, 2.75) is 18.4 Å². The van der Waals surface area contributed by atoms with Crippen molar-refractivity contribution < 1.29 is 32.7 Å². The number of nitrogens with zero attached hydrogens (tertiary/aromatic N) is 6. The molecule has 0 atom stereocenters. The summed E-state index contributed by atoms with van der Waals surface area (Å²) in [6.45, 7) is 1.37. The highest BCUT2D eigenvalue weighted by molar-refractivity contribution is 7.86. The Bertz CT molecular complexity index is 2490. The fraction of sp³-hybridized carbons (Fsp3) is 0.105. The van der Waals surface area contributed by atoms with Crippen LogP contribution in [0.25, 0.3) is 10.8 Å². The monoisotopic (exact) mass is 731 g/mol. The molecular weight excluding hydrogens is 699 g/mol. The normalized spacial score (nSPS) is 11.9. The van der Waals surface area contributed by atoms with Gasteiger partial charge in [0.2, 0.25) is 0 Å². The highest BCUT2D eigenvalue weighted by atomic mass is 32.2. The summed E-state index contributed by atoms with van der Waals surface area (Å²) in [5.41, 5.74) is 3.95. The molecule has 6 aromatic rings. The number of aliphatic hydroxyl groups is 1. The van der Waals surface area contributed by atoms with Gasteiger partial charge in [0.15, 0.2) is 5.75 Å². The van der Waals surface area contributed by atoms with E-state index in [0.717, 1.165) is 11.3 Å². The van der Waals surface area contributed by atoms with E-state index in [1.54, 1.807) is 30.3 Å². The molecule has 14 nitrogen and oxygen atoms in total. The molecule has 4 N–H and O–H groups in total. The fourth-order valence-corrected chi connectivity index (χ4v) is 5.96. The standard InChI is InChI=1S/C38H33N7O7S/c1-23-16-32(34(51-2)20-30(23)41-40-27-12-8-5-9-13-27)43-42-31-21-35(52-3)33(18-25(31)22-46)44-45-37-36(53(48,49)50)19-24-17-28(14-15-29(24)38(37)47)39-26-10-6-4-7-11-26/h4-21,39,46-47H,22H2,1-3H3,(H,48,49,50). The molecule has 0 heterocycles. The van der Waals surface area contributed by atoms with Crippen molar-refractivity contribution in [2.24, 2.45) is 30.7 Å². The Morgan fingerprint density at radius 3 is 1.92 bits per heavy atom. The maximum atomic E-state index is 12.5. The van der Waals surface area contributed by atoms with E-state index in [9.17, 15) is 23.2 Å². The third-order valence-corrected chi connectivity index (χ3v) is 8.86. The van der Waals surface area contributed by atoms with Crippen molar-refractivity contribution >= 4 is 66.4 Å². The Morgan fingerprint density at radius 2 is 1.26 bits per heavy atom. The number of rotatable bonds is 12. The molecule has 0 fully saturated rings. The zero-order valence-corrected chi connectivity index (χ0v) is 29.5. The van der Waals surface area contributed by atoms with E-state index in [-0.39, 0.29) is 28.1 Å². The van der Waals surface area contributed by atoms with Crippen LogP contribution in [-0.2, 0) is 16.7 Å². The number of hydrogen-bond donors (Lipinski definition) is 4. The second kappa shape index (κ2) is 15.8. The summed E-state index contributed by atoms with van der Waals surface area (Å²) < 4.78 is 46.2. The number of aromatic hydroxyl groups is 1. The van der Waals surface area contributed by atoms with Gasteiger partial charge in [-0.25, -0.2) is 0 Å². The van der Waals surface area contributed by atoms with Crippen molar-refractivity contribution in [1.82, 2.24) is 0 Å². The van der Waals surface area contributed by atoms with Crippen molar-refractivity contribution in [1.29, 1.82) is 0 Å². The predicted octanol–water partition coefficient (Wildman–Crippen LogP) is 10.6. The van der Waals surface area contributed by atoms with Crippen LogP contribution in [0.1, 0.15) is 11.1 Å². The maximum absolute atomic E-state index is 12.5. The van der Waals surface area contributed by atoms with Gasteiger partial charge in [0.1, 0.15) is 33.5 Å². The molecule has 0 aliphatic heterocycles. The first-order chi connectivity index (χ1) is 25.6. The minimum Gasteiger partial charge on any atom is -0.505 e. The Hall–Kier alpha value is -6.55. The van der Waals surface area contributed by atoms with Crippen LogP contribution in [-0.4, -0.2) is 37.4 Å². The van der Waals surface area contributed by atoms with Crippen LogP contribution >= 0.6 is 0 Å². The molecule has 0 amide bonds. The van der Waals surface area contributed by atoms with Gasteiger partial charge < -0.3 is 25.0 Å². The number of fused-ring (bicyclic) bond motifs is 1. The number of ether oxygens (including phenoxy) is 2. The van der Waals surface area contributed by atoms with Crippen molar-refractivity contribution in [3.05, 3.63) is 120 Å². The van der Waals surface area contributed by atoms with E-state index in [0.29, 0.717) is 33.9 Å². The Labute approximate surface area is 304 Å². The number of methoxy groups -OCH3 is 2. The van der Waals surface area contributed by atoms with Crippen molar-refractivity contribution in [2.75, 3.05) is 19.5 Å². The van der Waals surface area contributed by atoms with Gasteiger partial charge in [-0.3, -0.25) is 4.55 Å². The van der Waals surface area contributed by atoms with Gasteiger partial charge in [0.25, 0.3) is 10.1 Å². The molecule has 15 heteroatoms. The minimum absolute atomic E-state index is 0.0697. The Morgan fingerprint density at radius 1 is 0.660 bits per heavy atom. The van der Waals surface area contributed by atoms with Gasteiger partial charge in [-0.2, -0.15) is 18.6 Å². The van der Waals surface area contributed by atoms with E-state index in [1.807, 2.05) is 67.6 Å². The third kappa shape index (κ3) is 8.34. The first-order valence-corrected chi connectivity index (χ1v) is 17.4. The van der Waals surface area contributed by atoms with Crippen LogP contribution in [0.4, 0.5) is 45.5 Å². The number of hydrogen-bond acceptors (Lipinski definition) is 13. The van der Waals surface area contributed by atoms with E-state index in [4.69, 9.17) is 9.47 Å². The summed E-state index contributed by atoms with van der Waals surface area (Å²) in [5, 5.41) is 50.7. The topological polar surface area (TPSA) is 199 Å². The molecular formula is C38H33N7O7S. The lowest BCUT2D eigenvalue weighted by atomic mass is 10.1. The first kappa shape index (κ1) is 36.2. The molecule has 0 bridgehead atoms. The third-order valence-electron chi connectivity index (χ3n) is 7.99. The predicted molar refractivity (Wildman–Crippen MR) is 201 cm³/mol. The lowest BCUT2D eigenvalue weighted by molar-refractivity contribution is 0.282. The average molecular weight is 732 g/mol. The van der Waals surface area contributed by atoms with E-state index in [2.05, 4.69) is 36.0 Å². The lowest BCUT2D eigenvalue weighted by Gasteiger charge is -2.12. The largest absolute Gasteiger partial charge is 0.505 e. The second-order valence-corrected chi connectivity index (χ2v) is 12.9. The summed E-state index contributed by atoms with van der Waals surface area (Å²) in [5.74, 6) is 0.0107.